The van der Waals surface area contributed by atoms with Crippen LogP contribution in [-0.4, -0.2) is 28.1 Å². The average Bonchev–Trinajstić information content (AvgIpc) is 3.29. The number of thiophene rings is 1. The Morgan fingerprint density at radius 2 is 2.20 bits per heavy atom. The minimum Gasteiger partial charge on any atom is -0.497 e. The van der Waals surface area contributed by atoms with Crippen LogP contribution in [0.25, 0.3) is 11.4 Å². The molecule has 0 N–H and O–H groups in total. The number of esters is 1. The molecule has 0 saturated heterocycles. The van der Waals surface area contributed by atoms with Crippen molar-refractivity contribution in [2.24, 2.45) is 0 Å². The molecule has 0 atom stereocenters. The number of rotatable bonds is 6. The van der Waals surface area contributed by atoms with E-state index in [1.807, 2.05) is 0 Å². The highest BCUT2D eigenvalue weighted by atomic mass is 32.1. The Morgan fingerprint density at radius 3 is 2.92 bits per heavy atom. The molecule has 9 nitrogen and oxygen atoms in total. The van der Waals surface area contributed by atoms with Crippen molar-refractivity contribution in [1.29, 1.82) is 0 Å². The van der Waals surface area contributed by atoms with Crippen molar-refractivity contribution < 1.29 is 23.7 Å². The first-order chi connectivity index (χ1) is 12.1. The molecule has 0 aliphatic heterocycles. The standard InChI is InChI=1S/C15H11N3O6S/c1-22-10-4-2-3-9(7-10)14-16-12(24-17-14)8-23-15(19)11-5-6-13(25-11)18(20)21/h2-7H,8H2,1H3. The summed E-state index contributed by atoms with van der Waals surface area (Å²) in [6.45, 7) is -0.235. The first-order valence-corrected chi connectivity index (χ1v) is 7.77. The van der Waals surface area contributed by atoms with Gasteiger partial charge < -0.3 is 14.0 Å². The van der Waals surface area contributed by atoms with E-state index in [0.29, 0.717) is 17.1 Å². The van der Waals surface area contributed by atoms with Crippen LogP contribution in [0.15, 0.2) is 40.9 Å². The molecule has 128 valence electrons. The first-order valence-electron chi connectivity index (χ1n) is 6.95. The minimum absolute atomic E-state index is 0.109. The van der Waals surface area contributed by atoms with Crippen LogP contribution in [0.5, 0.6) is 5.75 Å². The highest BCUT2D eigenvalue weighted by Gasteiger charge is 2.18. The molecule has 0 bridgehead atoms. The lowest BCUT2D eigenvalue weighted by Gasteiger charge is -2.00. The van der Waals surface area contributed by atoms with Crippen LogP contribution in [-0.2, 0) is 11.3 Å². The lowest BCUT2D eigenvalue weighted by atomic mass is 10.2. The summed E-state index contributed by atoms with van der Waals surface area (Å²) in [6, 6.07) is 9.68. The van der Waals surface area contributed by atoms with Gasteiger partial charge in [0.1, 0.15) is 10.6 Å². The first kappa shape index (κ1) is 16.6. The van der Waals surface area contributed by atoms with E-state index in [-0.39, 0.29) is 22.4 Å². The fourth-order valence-electron chi connectivity index (χ4n) is 1.93. The van der Waals surface area contributed by atoms with Gasteiger partial charge in [-0.1, -0.05) is 28.6 Å². The third kappa shape index (κ3) is 3.80. The Bertz CT molecular complexity index is 919. The summed E-state index contributed by atoms with van der Waals surface area (Å²) < 4.78 is 15.2. The molecule has 0 amide bonds. The van der Waals surface area contributed by atoms with Gasteiger partial charge in [0.05, 0.1) is 12.0 Å². The molecule has 0 spiro atoms. The number of nitro groups is 1. The van der Waals surface area contributed by atoms with Crippen LogP contribution in [0.4, 0.5) is 5.00 Å². The molecule has 2 heterocycles. The van der Waals surface area contributed by atoms with E-state index in [1.54, 1.807) is 31.4 Å². The lowest BCUT2D eigenvalue weighted by molar-refractivity contribution is -0.380. The highest BCUT2D eigenvalue weighted by molar-refractivity contribution is 7.17. The van der Waals surface area contributed by atoms with Gasteiger partial charge in [0.25, 0.3) is 5.89 Å². The summed E-state index contributed by atoms with van der Waals surface area (Å²) >= 11 is 0.736. The monoisotopic (exact) mass is 361 g/mol. The van der Waals surface area contributed by atoms with Crippen LogP contribution in [0.3, 0.4) is 0 Å². The van der Waals surface area contributed by atoms with Crippen molar-refractivity contribution in [3.63, 3.8) is 0 Å². The fourth-order valence-corrected chi connectivity index (χ4v) is 2.64. The predicted molar refractivity (Wildman–Crippen MR) is 86.4 cm³/mol. The molecular weight excluding hydrogens is 350 g/mol. The van der Waals surface area contributed by atoms with Crippen molar-refractivity contribution in [3.8, 4) is 17.1 Å². The van der Waals surface area contributed by atoms with Gasteiger partial charge >= 0.3 is 11.0 Å². The second-order valence-corrected chi connectivity index (χ2v) is 5.78. The van der Waals surface area contributed by atoms with Gasteiger partial charge in [-0.3, -0.25) is 10.1 Å². The summed E-state index contributed by atoms with van der Waals surface area (Å²) in [6.07, 6.45) is 0. The third-order valence-electron chi connectivity index (χ3n) is 3.10. The molecule has 0 saturated carbocycles. The van der Waals surface area contributed by atoms with Gasteiger partial charge in [-0.2, -0.15) is 4.98 Å². The Hall–Kier alpha value is -3.27. The van der Waals surface area contributed by atoms with E-state index in [4.69, 9.17) is 14.0 Å². The van der Waals surface area contributed by atoms with Gasteiger partial charge in [0.15, 0.2) is 6.61 Å². The van der Waals surface area contributed by atoms with E-state index in [2.05, 4.69) is 10.1 Å². The van der Waals surface area contributed by atoms with Gasteiger partial charge in [-0.05, 0) is 18.2 Å². The van der Waals surface area contributed by atoms with Crippen molar-refractivity contribution in [1.82, 2.24) is 10.1 Å². The number of carbonyl (C=O) groups excluding carboxylic acids is 1. The second kappa shape index (κ2) is 7.09. The Labute approximate surface area is 145 Å². The zero-order valence-electron chi connectivity index (χ0n) is 12.9. The van der Waals surface area contributed by atoms with Gasteiger partial charge in [0.2, 0.25) is 5.82 Å². The minimum atomic E-state index is -0.695. The number of nitrogens with zero attached hydrogens (tertiary/aromatic N) is 3. The largest absolute Gasteiger partial charge is 0.497 e. The Balaban J connectivity index is 1.65. The Morgan fingerprint density at radius 1 is 1.36 bits per heavy atom. The van der Waals surface area contributed by atoms with Crippen LogP contribution in [0.2, 0.25) is 0 Å². The van der Waals surface area contributed by atoms with E-state index < -0.39 is 10.9 Å². The summed E-state index contributed by atoms with van der Waals surface area (Å²) in [5.41, 5.74) is 0.689. The second-order valence-electron chi connectivity index (χ2n) is 4.71. The molecule has 3 rings (SSSR count). The molecule has 3 aromatic rings. The Kier molecular flexibility index (Phi) is 4.70. The molecule has 25 heavy (non-hydrogen) atoms. The molecule has 0 unspecified atom stereocenters. The highest BCUT2D eigenvalue weighted by Crippen LogP contribution is 2.25. The molecule has 0 radical (unpaired) electrons. The quantitative estimate of drug-likeness (QED) is 0.373. The summed E-state index contributed by atoms with van der Waals surface area (Å²) in [4.78, 5) is 26.2. The van der Waals surface area contributed by atoms with Gasteiger partial charge in [-0.25, -0.2) is 4.79 Å². The topological polar surface area (TPSA) is 118 Å². The maximum Gasteiger partial charge on any atom is 0.349 e. The van der Waals surface area contributed by atoms with Crippen molar-refractivity contribution in [2.45, 2.75) is 6.61 Å². The average molecular weight is 361 g/mol. The van der Waals surface area contributed by atoms with E-state index >= 15 is 0 Å². The number of methoxy groups -OCH3 is 1. The van der Waals surface area contributed by atoms with Crippen molar-refractivity contribution in [3.05, 3.63) is 57.3 Å². The van der Waals surface area contributed by atoms with E-state index in [9.17, 15) is 14.9 Å². The molecule has 0 aliphatic rings. The van der Waals surface area contributed by atoms with Crippen molar-refractivity contribution in [2.75, 3.05) is 7.11 Å². The number of benzene rings is 1. The number of ether oxygens (including phenoxy) is 2. The molecule has 10 heteroatoms. The molecule has 1 aromatic carbocycles. The zero-order chi connectivity index (χ0) is 17.8. The summed E-state index contributed by atoms with van der Waals surface area (Å²) in [7, 11) is 1.55. The van der Waals surface area contributed by atoms with Crippen LogP contribution in [0, 0.1) is 10.1 Å². The fraction of sp³-hybridized carbons (Fsp3) is 0.133. The third-order valence-corrected chi connectivity index (χ3v) is 4.11. The summed E-state index contributed by atoms with van der Waals surface area (Å²) in [5, 5.41) is 14.3. The zero-order valence-corrected chi connectivity index (χ0v) is 13.7. The SMILES string of the molecule is COc1cccc(-c2noc(COC(=O)c3ccc([N+](=O)[O-])s3)n2)c1. The summed E-state index contributed by atoms with van der Waals surface area (Å²) in [5.74, 6) is 0.391. The molecule has 2 aromatic heterocycles. The van der Waals surface area contributed by atoms with Crippen LogP contribution < -0.4 is 4.74 Å². The predicted octanol–water partition coefficient (Wildman–Crippen LogP) is 3.07. The number of aromatic nitrogens is 2. The van der Waals surface area contributed by atoms with E-state index in [0.717, 1.165) is 11.3 Å². The van der Waals surface area contributed by atoms with Crippen LogP contribution in [0.1, 0.15) is 15.6 Å². The van der Waals surface area contributed by atoms with Gasteiger partial charge in [-0.15, -0.1) is 0 Å². The molecular formula is C15H11N3O6S. The molecule has 0 fully saturated rings. The number of hydrogen-bond donors (Lipinski definition) is 0. The van der Waals surface area contributed by atoms with E-state index in [1.165, 1.54) is 12.1 Å². The number of carbonyl (C=O) groups is 1. The van der Waals surface area contributed by atoms with Crippen molar-refractivity contribution >= 4 is 22.3 Å². The lowest BCUT2D eigenvalue weighted by Crippen LogP contribution is -2.03. The molecule has 0 aliphatic carbocycles. The number of hydrogen-bond acceptors (Lipinski definition) is 9. The maximum absolute atomic E-state index is 11.9. The normalized spacial score (nSPS) is 10.4. The van der Waals surface area contributed by atoms with Gasteiger partial charge in [0, 0.05) is 11.6 Å². The van der Waals surface area contributed by atoms with Crippen LogP contribution >= 0.6 is 11.3 Å². The smallest absolute Gasteiger partial charge is 0.349 e. The maximum atomic E-state index is 11.9.